The number of hydrogen-bond donors (Lipinski definition) is 3. The van der Waals surface area contributed by atoms with Gasteiger partial charge in [-0.1, -0.05) is 12.1 Å². The molecule has 0 bridgehead atoms. The van der Waals surface area contributed by atoms with Gasteiger partial charge in [-0.15, -0.1) is 0 Å². The maximum absolute atomic E-state index is 11.2. The highest BCUT2D eigenvalue weighted by atomic mass is 16.4. The van der Waals surface area contributed by atoms with Crippen LogP contribution in [-0.4, -0.2) is 26.2 Å². The van der Waals surface area contributed by atoms with Crippen molar-refractivity contribution in [1.29, 1.82) is 0 Å². The summed E-state index contributed by atoms with van der Waals surface area (Å²) in [5.41, 5.74) is 1.41. The minimum absolute atomic E-state index is 0.143. The highest BCUT2D eigenvalue weighted by Crippen LogP contribution is 2.31. The molecule has 122 valence electrons. The quantitative estimate of drug-likeness (QED) is 0.492. The summed E-state index contributed by atoms with van der Waals surface area (Å²) < 4.78 is 0. The number of aromatic nitrogens is 2. The number of pyridine rings is 2. The zero-order valence-electron chi connectivity index (χ0n) is 13.0. The van der Waals surface area contributed by atoms with Gasteiger partial charge in [-0.05, 0) is 30.3 Å². The molecule has 0 aliphatic rings. The van der Waals surface area contributed by atoms with Crippen LogP contribution in [-0.2, 0) is 0 Å². The summed E-state index contributed by atoms with van der Waals surface area (Å²) in [7, 11) is 0. The molecule has 3 N–H and O–H groups in total. The first kappa shape index (κ1) is 14.9. The molecule has 0 amide bonds. The largest absolute Gasteiger partial charge is 0.508 e. The van der Waals surface area contributed by atoms with Crippen molar-refractivity contribution in [3.8, 4) is 5.75 Å². The normalized spacial score (nSPS) is 10.9. The number of carbonyl (C=O) groups is 1. The molecular weight excluding hydrogens is 318 g/mol. The molecular formula is C19H13N3O3. The van der Waals surface area contributed by atoms with Crippen LogP contribution >= 0.6 is 0 Å². The summed E-state index contributed by atoms with van der Waals surface area (Å²) >= 11 is 0. The Morgan fingerprint density at radius 1 is 1.00 bits per heavy atom. The van der Waals surface area contributed by atoms with Gasteiger partial charge < -0.3 is 15.5 Å². The Hall–Kier alpha value is -3.67. The molecule has 6 nitrogen and oxygen atoms in total. The number of benzene rings is 2. The van der Waals surface area contributed by atoms with Gasteiger partial charge in [0, 0.05) is 40.3 Å². The standard InChI is InChI=1S/C19H13N3O3/c23-13-3-1-2-12(9-13)21-18-15-6-7-20-10-16(15)14-5-4-11(19(24)25)8-17(14)22-18/h1-10,23H,(H,21,22)(H,24,25). The molecule has 0 saturated carbocycles. The predicted octanol–water partition coefficient (Wildman–Crippen LogP) is 3.93. The molecule has 0 aliphatic carbocycles. The predicted molar refractivity (Wildman–Crippen MR) is 95.4 cm³/mol. The van der Waals surface area contributed by atoms with E-state index in [0.717, 1.165) is 16.2 Å². The number of rotatable bonds is 3. The zero-order chi connectivity index (χ0) is 17.4. The molecule has 25 heavy (non-hydrogen) atoms. The third kappa shape index (κ3) is 2.70. The number of aromatic hydroxyl groups is 1. The van der Waals surface area contributed by atoms with Gasteiger partial charge in [-0.3, -0.25) is 4.98 Å². The third-order valence-electron chi connectivity index (χ3n) is 3.95. The summed E-state index contributed by atoms with van der Waals surface area (Å²) in [6.07, 6.45) is 3.41. The van der Waals surface area contributed by atoms with Crippen LogP contribution in [0.4, 0.5) is 11.5 Å². The average molecular weight is 331 g/mol. The number of fused-ring (bicyclic) bond motifs is 3. The molecule has 0 atom stereocenters. The number of phenolic OH excluding ortho intramolecular Hbond substituents is 1. The van der Waals surface area contributed by atoms with Gasteiger partial charge in [0.15, 0.2) is 0 Å². The molecule has 0 spiro atoms. The van der Waals surface area contributed by atoms with E-state index < -0.39 is 5.97 Å². The lowest BCUT2D eigenvalue weighted by atomic mass is 10.1. The summed E-state index contributed by atoms with van der Waals surface area (Å²) in [6.45, 7) is 0. The Balaban J connectivity index is 1.96. The number of nitrogens with zero attached hydrogens (tertiary/aromatic N) is 2. The molecule has 4 rings (SSSR count). The van der Waals surface area contributed by atoms with E-state index in [1.807, 2.05) is 12.1 Å². The lowest BCUT2D eigenvalue weighted by Crippen LogP contribution is -1.99. The summed E-state index contributed by atoms with van der Waals surface area (Å²) in [4.78, 5) is 20.0. The van der Waals surface area contributed by atoms with Gasteiger partial charge in [0.25, 0.3) is 0 Å². The number of hydrogen-bond acceptors (Lipinski definition) is 5. The molecule has 4 aromatic rings. The second-order valence-electron chi connectivity index (χ2n) is 5.59. The number of nitrogens with one attached hydrogen (secondary N) is 1. The fraction of sp³-hybridized carbons (Fsp3) is 0. The molecule has 6 heteroatoms. The number of carboxylic acid groups (broad SMARTS) is 1. The smallest absolute Gasteiger partial charge is 0.335 e. The molecule has 2 aromatic heterocycles. The van der Waals surface area contributed by atoms with Crippen molar-refractivity contribution < 1.29 is 15.0 Å². The van der Waals surface area contributed by atoms with Crippen LogP contribution in [0.25, 0.3) is 21.7 Å². The highest BCUT2D eigenvalue weighted by Gasteiger charge is 2.11. The minimum Gasteiger partial charge on any atom is -0.508 e. The Morgan fingerprint density at radius 3 is 2.68 bits per heavy atom. The summed E-state index contributed by atoms with van der Waals surface area (Å²) in [6, 6.07) is 13.4. The third-order valence-corrected chi connectivity index (χ3v) is 3.95. The van der Waals surface area contributed by atoms with Crippen LogP contribution in [0.2, 0.25) is 0 Å². The van der Waals surface area contributed by atoms with Crippen molar-refractivity contribution in [3.05, 3.63) is 66.5 Å². The second kappa shape index (κ2) is 5.76. The maximum Gasteiger partial charge on any atom is 0.335 e. The van der Waals surface area contributed by atoms with Crippen molar-refractivity contribution in [2.45, 2.75) is 0 Å². The topological polar surface area (TPSA) is 95.3 Å². The van der Waals surface area contributed by atoms with E-state index in [0.29, 0.717) is 17.0 Å². The monoisotopic (exact) mass is 331 g/mol. The fourth-order valence-corrected chi connectivity index (χ4v) is 2.80. The van der Waals surface area contributed by atoms with Crippen LogP contribution in [0.3, 0.4) is 0 Å². The van der Waals surface area contributed by atoms with Crippen molar-refractivity contribution in [2.24, 2.45) is 0 Å². The van der Waals surface area contributed by atoms with E-state index in [4.69, 9.17) is 0 Å². The van der Waals surface area contributed by atoms with Crippen molar-refractivity contribution in [1.82, 2.24) is 9.97 Å². The first-order valence-electron chi connectivity index (χ1n) is 7.59. The van der Waals surface area contributed by atoms with Crippen molar-refractivity contribution in [3.63, 3.8) is 0 Å². The van der Waals surface area contributed by atoms with Gasteiger partial charge in [-0.2, -0.15) is 0 Å². The summed E-state index contributed by atoms with van der Waals surface area (Å²) in [5.74, 6) is -0.291. The van der Waals surface area contributed by atoms with E-state index in [9.17, 15) is 15.0 Å². The van der Waals surface area contributed by atoms with Gasteiger partial charge in [-0.25, -0.2) is 9.78 Å². The van der Waals surface area contributed by atoms with Gasteiger partial charge in [0.05, 0.1) is 11.1 Å². The van der Waals surface area contributed by atoms with E-state index in [-0.39, 0.29) is 11.3 Å². The lowest BCUT2D eigenvalue weighted by molar-refractivity contribution is 0.0697. The van der Waals surface area contributed by atoms with Gasteiger partial charge in [0.2, 0.25) is 0 Å². The highest BCUT2D eigenvalue weighted by molar-refractivity contribution is 6.11. The van der Waals surface area contributed by atoms with Crippen LogP contribution < -0.4 is 5.32 Å². The molecule has 0 fully saturated rings. The van der Waals surface area contributed by atoms with Crippen LogP contribution in [0.5, 0.6) is 5.75 Å². The number of carboxylic acids is 1. The van der Waals surface area contributed by atoms with Crippen LogP contribution in [0, 0.1) is 0 Å². The van der Waals surface area contributed by atoms with E-state index in [1.54, 1.807) is 42.7 Å². The van der Waals surface area contributed by atoms with E-state index in [1.165, 1.54) is 6.07 Å². The SMILES string of the molecule is O=C(O)c1ccc2c(c1)nc(Nc1cccc(O)c1)c1ccncc12. The Morgan fingerprint density at radius 2 is 1.88 bits per heavy atom. The van der Waals surface area contributed by atoms with Crippen LogP contribution in [0.15, 0.2) is 60.9 Å². The minimum atomic E-state index is -1.00. The van der Waals surface area contributed by atoms with Crippen molar-refractivity contribution >= 4 is 39.1 Å². The molecule has 0 radical (unpaired) electrons. The molecule has 0 saturated heterocycles. The van der Waals surface area contributed by atoms with E-state index in [2.05, 4.69) is 15.3 Å². The molecule has 0 unspecified atom stereocenters. The molecule has 0 aliphatic heterocycles. The van der Waals surface area contributed by atoms with Gasteiger partial charge in [0.1, 0.15) is 11.6 Å². The second-order valence-corrected chi connectivity index (χ2v) is 5.59. The lowest BCUT2D eigenvalue weighted by Gasteiger charge is -2.12. The zero-order valence-corrected chi connectivity index (χ0v) is 13.0. The maximum atomic E-state index is 11.2. The Bertz CT molecular complexity index is 1130. The first-order valence-corrected chi connectivity index (χ1v) is 7.59. The van der Waals surface area contributed by atoms with Crippen molar-refractivity contribution in [2.75, 3.05) is 5.32 Å². The number of anilines is 2. The molecule has 2 heterocycles. The fourth-order valence-electron chi connectivity index (χ4n) is 2.80. The van der Waals surface area contributed by atoms with Gasteiger partial charge >= 0.3 is 5.97 Å². The molecule has 2 aromatic carbocycles. The first-order chi connectivity index (χ1) is 12.1. The number of aromatic carboxylic acids is 1. The van der Waals surface area contributed by atoms with Crippen LogP contribution in [0.1, 0.15) is 10.4 Å². The summed E-state index contributed by atoms with van der Waals surface area (Å²) in [5, 5.41) is 24.6. The Kier molecular flexibility index (Phi) is 3.43. The van der Waals surface area contributed by atoms with E-state index >= 15 is 0 Å². The number of phenols is 1. The Labute approximate surface area is 142 Å². The average Bonchev–Trinajstić information content (AvgIpc) is 2.61.